The molecular weight excluding hydrogens is 395 g/mol. The molecule has 0 bridgehead atoms. The average Bonchev–Trinajstić information content (AvgIpc) is 2.94. The molecule has 0 aliphatic rings. The average molecular weight is 413 g/mol. The highest BCUT2D eigenvalue weighted by atomic mass is 35.5. The van der Waals surface area contributed by atoms with Crippen molar-refractivity contribution in [1.82, 2.24) is 9.55 Å². The molecule has 1 N–H and O–H groups in total. The summed E-state index contributed by atoms with van der Waals surface area (Å²) in [6.45, 7) is 2.71. The summed E-state index contributed by atoms with van der Waals surface area (Å²) < 4.78 is 2.23. The summed E-state index contributed by atoms with van der Waals surface area (Å²) >= 11 is 6.23. The van der Waals surface area contributed by atoms with Gasteiger partial charge in [0.15, 0.2) is 0 Å². The van der Waals surface area contributed by atoms with Gasteiger partial charge < -0.3 is 9.67 Å². The van der Waals surface area contributed by atoms with E-state index in [0.29, 0.717) is 11.6 Å². The third kappa shape index (κ3) is 3.61. The Hall–Kier alpha value is -2.82. The van der Waals surface area contributed by atoms with Crippen LogP contribution in [0.4, 0.5) is 0 Å². The van der Waals surface area contributed by atoms with E-state index in [0.717, 1.165) is 33.3 Å². The van der Waals surface area contributed by atoms with Crippen LogP contribution < -0.4 is 0 Å². The number of nitrogens with zero attached hydrogens (tertiary/aromatic N) is 2. The molecule has 0 saturated carbocycles. The Kier molecular flexibility index (Phi) is 5.73. The van der Waals surface area contributed by atoms with Crippen molar-refractivity contribution in [3.63, 3.8) is 0 Å². The molecule has 0 spiro atoms. The number of carboxylic acid groups (broad SMARTS) is 1. The fourth-order valence-corrected chi connectivity index (χ4v) is 3.64. The summed E-state index contributed by atoms with van der Waals surface area (Å²) in [4.78, 5) is 15.4. The topological polar surface area (TPSA) is 55.1 Å². The Morgan fingerprint density at radius 2 is 1.89 bits per heavy atom. The lowest BCUT2D eigenvalue weighted by Crippen LogP contribution is -2.03. The predicted molar refractivity (Wildman–Crippen MR) is 115 cm³/mol. The number of fused-ring (bicyclic) bond motifs is 1. The van der Waals surface area contributed by atoms with E-state index in [1.165, 1.54) is 0 Å². The van der Waals surface area contributed by atoms with Gasteiger partial charge in [0.05, 0.1) is 11.3 Å². The minimum Gasteiger partial charge on any atom is -0.478 e. The van der Waals surface area contributed by atoms with Gasteiger partial charge in [-0.05, 0) is 60.5 Å². The first-order valence-electron chi connectivity index (χ1n) is 8.55. The molecule has 2 aromatic heterocycles. The van der Waals surface area contributed by atoms with Crippen molar-refractivity contribution in [2.24, 2.45) is 0 Å². The fraction of sp³-hybridized carbons (Fsp3) is 0.0909. The number of benzene rings is 2. The van der Waals surface area contributed by atoms with Crippen molar-refractivity contribution in [2.75, 3.05) is 0 Å². The van der Waals surface area contributed by atoms with Gasteiger partial charge in [0.25, 0.3) is 0 Å². The second-order valence-corrected chi connectivity index (χ2v) is 6.90. The van der Waals surface area contributed by atoms with Crippen molar-refractivity contribution < 1.29 is 9.90 Å². The Bertz CT molecular complexity index is 1140. The van der Waals surface area contributed by atoms with Crippen LogP contribution in [-0.2, 0) is 6.54 Å². The lowest BCUT2D eigenvalue weighted by atomic mass is 10.1. The van der Waals surface area contributed by atoms with Gasteiger partial charge in [0.2, 0.25) is 0 Å². The van der Waals surface area contributed by atoms with Crippen molar-refractivity contribution in [1.29, 1.82) is 0 Å². The van der Waals surface area contributed by atoms with Crippen LogP contribution in [0.1, 0.15) is 21.5 Å². The summed E-state index contributed by atoms with van der Waals surface area (Å²) in [6, 6.07) is 16.8. The highest BCUT2D eigenvalue weighted by Gasteiger charge is 2.16. The van der Waals surface area contributed by atoms with E-state index in [2.05, 4.69) is 16.5 Å². The van der Waals surface area contributed by atoms with Gasteiger partial charge >= 0.3 is 5.97 Å². The second kappa shape index (κ2) is 8.05. The SMILES string of the molecule is Cc1c(-c2cccnc2)n(Cc2ccc(C(=O)O)cc2)c2ccc(Cl)cc12.Cl. The van der Waals surface area contributed by atoms with E-state index >= 15 is 0 Å². The molecule has 0 aliphatic heterocycles. The van der Waals surface area contributed by atoms with Gasteiger partial charge in [-0.15, -0.1) is 12.4 Å². The Morgan fingerprint density at radius 3 is 2.54 bits per heavy atom. The zero-order valence-electron chi connectivity index (χ0n) is 15.1. The molecule has 6 heteroatoms. The van der Waals surface area contributed by atoms with Crippen molar-refractivity contribution in [2.45, 2.75) is 13.5 Å². The van der Waals surface area contributed by atoms with E-state index < -0.39 is 5.97 Å². The van der Waals surface area contributed by atoms with Crippen molar-refractivity contribution in [3.05, 3.63) is 88.7 Å². The molecule has 28 heavy (non-hydrogen) atoms. The number of rotatable bonds is 4. The molecule has 0 unspecified atom stereocenters. The van der Waals surface area contributed by atoms with Crippen LogP contribution in [0.15, 0.2) is 67.0 Å². The molecule has 0 fully saturated rings. The molecule has 142 valence electrons. The van der Waals surface area contributed by atoms with Crippen LogP contribution in [-0.4, -0.2) is 20.6 Å². The van der Waals surface area contributed by atoms with E-state index in [4.69, 9.17) is 16.7 Å². The minimum atomic E-state index is -0.922. The number of carbonyl (C=O) groups is 1. The smallest absolute Gasteiger partial charge is 0.335 e. The zero-order valence-corrected chi connectivity index (χ0v) is 16.7. The normalized spacial score (nSPS) is 10.6. The standard InChI is InChI=1S/C22H17ClN2O2.ClH/c1-14-19-11-18(23)8-9-20(19)25(21(14)17-3-2-10-24-12-17)13-15-4-6-16(7-5-15)22(26)27;/h2-12H,13H2,1H3,(H,26,27);1H. The Morgan fingerprint density at radius 1 is 1.14 bits per heavy atom. The summed E-state index contributed by atoms with van der Waals surface area (Å²) in [6.07, 6.45) is 3.61. The number of hydrogen-bond acceptors (Lipinski definition) is 2. The predicted octanol–water partition coefficient (Wildman–Crippen LogP) is 5.83. The van der Waals surface area contributed by atoms with Crippen LogP contribution in [0.3, 0.4) is 0 Å². The monoisotopic (exact) mass is 412 g/mol. The second-order valence-electron chi connectivity index (χ2n) is 6.46. The molecule has 0 radical (unpaired) electrons. The summed E-state index contributed by atoms with van der Waals surface area (Å²) in [5, 5.41) is 10.9. The first-order chi connectivity index (χ1) is 13.0. The lowest BCUT2D eigenvalue weighted by molar-refractivity contribution is 0.0697. The molecule has 2 aromatic carbocycles. The first kappa shape index (κ1) is 19.9. The molecular formula is C22H18Cl2N2O2. The van der Waals surface area contributed by atoms with Gasteiger partial charge in [-0.3, -0.25) is 4.98 Å². The maximum atomic E-state index is 11.1. The van der Waals surface area contributed by atoms with Gasteiger partial charge in [0.1, 0.15) is 0 Å². The van der Waals surface area contributed by atoms with Gasteiger partial charge in [-0.2, -0.15) is 0 Å². The van der Waals surface area contributed by atoms with E-state index in [9.17, 15) is 4.79 Å². The van der Waals surface area contributed by atoms with E-state index in [-0.39, 0.29) is 18.0 Å². The van der Waals surface area contributed by atoms with Crippen molar-refractivity contribution >= 4 is 40.9 Å². The molecule has 0 atom stereocenters. The highest BCUT2D eigenvalue weighted by molar-refractivity contribution is 6.31. The number of hydrogen-bond donors (Lipinski definition) is 1. The number of aromatic carboxylic acids is 1. The van der Waals surface area contributed by atoms with Gasteiger partial charge in [-0.1, -0.05) is 23.7 Å². The molecule has 0 amide bonds. The zero-order chi connectivity index (χ0) is 19.0. The molecule has 4 aromatic rings. The number of pyridine rings is 1. The maximum absolute atomic E-state index is 11.1. The summed E-state index contributed by atoms with van der Waals surface area (Å²) in [5.74, 6) is -0.922. The number of halogens is 2. The molecule has 4 nitrogen and oxygen atoms in total. The Balaban J connectivity index is 0.00000225. The Labute approximate surface area is 173 Å². The van der Waals surface area contributed by atoms with Gasteiger partial charge in [0, 0.05) is 40.4 Å². The van der Waals surface area contributed by atoms with E-state index in [1.54, 1.807) is 18.3 Å². The van der Waals surface area contributed by atoms with Crippen LogP contribution in [0.25, 0.3) is 22.2 Å². The lowest BCUT2D eigenvalue weighted by Gasteiger charge is -2.12. The number of aryl methyl sites for hydroxylation is 1. The van der Waals surface area contributed by atoms with Crippen LogP contribution >= 0.6 is 24.0 Å². The van der Waals surface area contributed by atoms with Crippen molar-refractivity contribution in [3.8, 4) is 11.3 Å². The summed E-state index contributed by atoms with van der Waals surface area (Å²) in [5.41, 5.74) is 5.65. The number of aromatic nitrogens is 2. The molecule has 0 saturated heterocycles. The first-order valence-corrected chi connectivity index (χ1v) is 8.93. The van der Waals surface area contributed by atoms with Crippen LogP contribution in [0.2, 0.25) is 5.02 Å². The largest absolute Gasteiger partial charge is 0.478 e. The molecule has 4 rings (SSSR count). The fourth-order valence-electron chi connectivity index (χ4n) is 3.47. The minimum absolute atomic E-state index is 0. The third-order valence-electron chi connectivity index (χ3n) is 4.76. The maximum Gasteiger partial charge on any atom is 0.335 e. The molecule has 0 aliphatic carbocycles. The third-order valence-corrected chi connectivity index (χ3v) is 4.99. The number of carboxylic acids is 1. The van der Waals surface area contributed by atoms with Crippen LogP contribution in [0, 0.1) is 6.92 Å². The van der Waals surface area contributed by atoms with E-state index in [1.807, 2.05) is 48.7 Å². The van der Waals surface area contributed by atoms with Gasteiger partial charge in [-0.25, -0.2) is 4.79 Å². The quantitative estimate of drug-likeness (QED) is 0.458. The van der Waals surface area contributed by atoms with Crippen LogP contribution in [0.5, 0.6) is 0 Å². The summed E-state index contributed by atoms with van der Waals surface area (Å²) in [7, 11) is 0. The molecule has 2 heterocycles. The highest BCUT2D eigenvalue weighted by Crippen LogP contribution is 2.35.